The lowest BCUT2D eigenvalue weighted by Crippen LogP contribution is -2.13. The Balaban J connectivity index is 1.82. The largest absolute Gasteiger partial charge is 0.489 e. The molecule has 0 bridgehead atoms. The number of aryl methyl sites for hydroxylation is 1. The molecule has 2 aromatic carbocycles. The number of hydrogen-bond donors (Lipinski definition) is 0. The third kappa shape index (κ3) is 5.71. The maximum Gasteiger partial charge on any atom is 0.269 e. The third-order valence-corrected chi connectivity index (χ3v) is 3.55. The van der Waals surface area contributed by atoms with E-state index in [9.17, 15) is 10.1 Å². The molecule has 0 amide bonds. The van der Waals surface area contributed by atoms with Crippen LogP contribution in [0.1, 0.15) is 17.5 Å². The van der Waals surface area contributed by atoms with Gasteiger partial charge in [-0.1, -0.05) is 12.1 Å². The van der Waals surface area contributed by atoms with Gasteiger partial charge in [-0.2, -0.15) is 0 Å². The van der Waals surface area contributed by atoms with Crippen molar-refractivity contribution in [3.63, 3.8) is 0 Å². The Morgan fingerprint density at radius 1 is 1.00 bits per heavy atom. The molecule has 122 valence electrons. The van der Waals surface area contributed by atoms with E-state index in [4.69, 9.17) is 4.74 Å². The van der Waals surface area contributed by atoms with E-state index < -0.39 is 4.92 Å². The number of rotatable bonds is 8. The monoisotopic (exact) mass is 314 g/mol. The minimum Gasteiger partial charge on any atom is -0.489 e. The number of nitrogens with zero attached hydrogens (tertiary/aromatic N) is 2. The third-order valence-electron chi connectivity index (χ3n) is 3.55. The summed E-state index contributed by atoms with van der Waals surface area (Å²) >= 11 is 0. The fraction of sp³-hybridized carbons (Fsp3) is 0.333. The molecule has 5 nitrogen and oxygen atoms in total. The van der Waals surface area contributed by atoms with Gasteiger partial charge >= 0.3 is 0 Å². The van der Waals surface area contributed by atoms with Crippen LogP contribution in [0.3, 0.4) is 0 Å². The minimum absolute atomic E-state index is 0.0934. The first-order valence-corrected chi connectivity index (χ1v) is 7.64. The second-order valence-electron chi connectivity index (χ2n) is 5.76. The van der Waals surface area contributed by atoms with Crippen LogP contribution in [0, 0.1) is 10.1 Å². The number of benzene rings is 2. The molecule has 5 heteroatoms. The van der Waals surface area contributed by atoms with Crippen LogP contribution < -0.4 is 4.74 Å². The van der Waals surface area contributed by atoms with Crippen molar-refractivity contribution in [2.24, 2.45) is 0 Å². The molecule has 0 aliphatic heterocycles. The molecule has 0 aromatic heterocycles. The molecule has 0 heterocycles. The zero-order valence-corrected chi connectivity index (χ0v) is 13.6. The molecule has 0 fully saturated rings. The van der Waals surface area contributed by atoms with Crippen LogP contribution >= 0.6 is 0 Å². The number of ether oxygens (including phenoxy) is 1. The van der Waals surface area contributed by atoms with Crippen molar-refractivity contribution in [1.29, 1.82) is 0 Å². The predicted octanol–water partition coefficient (Wildman–Crippen LogP) is 3.67. The maximum atomic E-state index is 10.6. The average Bonchev–Trinajstić information content (AvgIpc) is 2.54. The fourth-order valence-electron chi connectivity index (χ4n) is 2.23. The number of hydrogen-bond acceptors (Lipinski definition) is 4. The summed E-state index contributed by atoms with van der Waals surface area (Å²) in [4.78, 5) is 12.4. The Labute approximate surface area is 136 Å². The average molecular weight is 314 g/mol. The van der Waals surface area contributed by atoms with Gasteiger partial charge in [0.1, 0.15) is 12.4 Å². The van der Waals surface area contributed by atoms with Gasteiger partial charge in [0.15, 0.2) is 0 Å². The molecular weight excluding hydrogens is 292 g/mol. The summed E-state index contributed by atoms with van der Waals surface area (Å²) in [6.07, 6.45) is 2.19. The quantitative estimate of drug-likeness (QED) is 0.551. The van der Waals surface area contributed by atoms with Crippen LogP contribution in [-0.4, -0.2) is 30.5 Å². The second-order valence-corrected chi connectivity index (χ2v) is 5.76. The smallest absolute Gasteiger partial charge is 0.269 e. The van der Waals surface area contributed by atoms with Gasteiger partial charge in [-0.05, 0) is 68.9 Å². The topological polar surface area (TPSA) is 55.6 Å². The van der Waals surface area contributed by atoms with E-state index >= 15 is 0 Å². The van der Waals surface area contributed by atoms with Crippen molar-refractivity contribution in [1.82, 2.24) is 4.90 Å². The minimum atomic E-state index is -0.403. The lowest BCUT2D eigenvalue weighted by molar-refractivity contribution is -0.384. The molecule has 2 aromatic rings. The van der Waals surface area contributed by atoms with Crippen LogP contribution in [0.5, 0.6) is 5.75 Å². The van der Waals surface area contributed by atoms with Gasteiger partial charge in [0.25, 0.3) is 5.69 Å². The van der Waals surface area contributed by atoms with Crippen molar-refractivity contribution >= 4 is 5.69 Å². The van der Waals surface area contributed by atoms with Gasteiger partial charge < -0.3 is 9.64 Å². The fourth-order valence-corrected chi connectivity index (χ4v) is 2.23. The summed E-state index contributed by atoms with van der Waals surface area (Å²) < 4.78 is 5.71. The first-order valence-electron chi connectivity index (χ1n) is 7.64. The molecule has 0 unspecified atom stereocenters. The standard InChI is InChI=1S/C18H22N2O3/c1-19(2)13-3-4-15-7-11-18(12-8-15)23-14-16-5-9-17(10-6-16)20(21)22/h5-12H,3-4,13-14H2,1-2H3. The SMILES string of the molecule is CN(C)CCCc1ccc(OCc2ccc([N+](=O)[O-])cc2)cc1. The normalized spacial score (nSPS) is 10.7. The maximum absolute atomic E-state index is 10.6. The number of nitro groups is 1. The van der Waals surface area contributed by atoms with Crippen molar-refractivity contribution in [3.8, 4) is 5.75 Å². The Morgan fingerprint density at radius 3 is 2.17 bits per heavy atom. The van der Waals surface area contributed by atoms with Crippen molar-refractivity contribution in [2.45, 2.75) is 19.4 Å². The van der Waals surface area contributed by atoms with Gasteiger partial charge in [-0.15, -0.1) is 0 Å². The molecule has 2 rings (SSSR count). The van der Waals surface area contributed by atoms with E-state index in [-0.39, 0.29) is 5.69 Å². The molecular formula is C18H22N2O3. The number of nitro benzene ring substituents is 1. The molecule has 0 N–H and O–H groups in total. The molecule has 0 spiro atoms. The van der Waals surface area contributed by atoms with E-state index in [1.807, 2.05) is 12.1 Å². The Bertz CT molecular complexity index is 622. The Kier molecular flexibility index (Phi) is 6.11. The first kappa shape index (κ1) is 17.0. The predicted molar refractivity (Wildman–Crippen MR) is 90.7 cm³/mol. The highest BCUT2D eigenvalue weighted by atomic mass is 16.6. The summed E-state index contributed by atoms with van der Waals surface area (Å²) in [6, 6.07) is 14.5. The summed E-state index contributed by atoms with van der Waals surface area (Å²) in [7, 11) is 4.16. The van der Waals surface area contributed by atoms with Crippen molar-refractivity contribution in [2.75, 3.05) is 20.6 Å². The van der Waals surface area contributed by atoms with Gasteiger partial charge in [0.2, 0.25) is 0 Å². The van der Waals surface area contributed by atoms with Crippen molar-refractivity contribution < 1.29 is 9.66 Å². The van der Waals surface area contributed by atoms with Crippen LogP contribution in [0.25, 0.3) is 0 Å². The van der Waals surface area contributed by atoms with Crippen LogP contribution in [0.2, 0.25) is 0 Å². The van der Waals surface area contributed by atoms with Gasteiger partial charge in [-0.3, -0.25) is 10.1 Å². The lowest BCUT2D eigenvalue weighted by Gasteiger charge is -2.10. The van der Waals surface area contributed by atoms with Gasteiger partial charge in [0.05, 0.1) is 4.92 Å². The van der Waals surface area contributed by atoms with Gasteiger partial charge in [-0.25, -0.2) is 0 Å². The molecule has 0 saturated heterocycles. The van der Waals surface area contributed by atoms with Crippen LogP contribution in [0.15, 0.2) is 48.5 Å². The highest BCUT2D eigenvalue weighted by Gasteiger charge is 2.04. The molecule has 23 heavy (non-hydrogen) atoms. The second kappa shape index (κ2) is 8.29. The molecule has 0 atom stereocenters. The zero-order chi connectivity index (χ0) is 16.7. The Morgan fingerprint density at radius 2 is 1.61 bits per heavy atom. The first-order chi connectivity index (χ1) is 11.0. The van der Waals surface area contributed by atoms with E-state index in [0.717, 1.165) is 30.7 Å². The Hall–Kier alpha value is -2.40. The highest BCUT2D eigenvalue weighted by molar-refractivity contribution is 5.33. The summed E-state index contributed by atoms with van der Waals surface area (Å²) in [6.45, 7) is 1.48. The summed E-state index contributed by atoms with van der Waals surface area (Å²) in [5, 5.41) is 10.6. The molecule has 0 saturated carbocycles. The van der Waals surface area contributed by atoms with Crippen LogP contribution in [-0.2, 0) is 13.0 Å². The molecule has 0 radical (unpaired) electrons. The number of non-ortho nitro benzene ring substituents is 1. The lowest BCUT2D eigenvalue weighted by atomic mass is 10.1. The van der Waals surface area contributed by atoms with E-state index in [0.29, 0.717) is 6.61 Å². The van der Waals surface area contributed by atoms with E-state index in [2.05, 4.69) is 31.1 Å². The molecule has 0 aliphatic carbocycles. The highest BCUT2D eigenvalue weighted by Crippen LogP contribution is 2.17. The van der Waals surface area contributed by atoms with E-state index in [1.165, 1.54) is 17.7 Å². The zero-order valence-electron chi connectivity index (χ0n) is 13.6. The summed E-state index contributed by atoms with van der Waals surface area (Å²) in [5.74, 6) is 0.805. The summed E-state index contributed by atoms with van der Waals surface area (Å²) in [5.41, 5.74) is 2.30. The molecule has 0 aliphatic rings. The van der Waals surface area contributed by atoms with Gasteiger partial charge in [0, 0.05) is 12.1 Å². The van der Waals surface area contributed by atoms with Crippen molar-refractivity contribution in [3.05, 3.63) is 69.8 Å². The van der Waals surface area contributed by atoms with Crippen LogP contribution in [0.4, 0.5) is 5.69 Å². The van der Waals surface area contributed by atoms with E-state index in [1.54, 1.807) is 12.1 Å².